The second-order valence-electron chi connectivity index (χ2n) is 6.75. The van der Waals surface area contributed by atoms with Gasteiger partial charge >= 0.3 is 0 Å². The second kappa shape index (κ2) is 8.54. The summed E-state index contributed by atoms with van der Waals surface area (Å²) in [6.45, 7) is 2.63. The number of piperazine rings is 1. The first-order chi connectivity index (χ1) is 14.1. The molecular formula is C19H20ClN7O2. The lowest BCUT2D eigenvalue weighted by atomic mass is 10.2. The van der Waals surface area contributed by atoms with Gasteiger partial charge in [-0.25, -0.2) is 9.50 Å². The first-order valence-corrected chi connectivity index (χ1v) is 9.67. The van der Waals surface area contributed by atoms with Gasteiger partial charge < -0.3 is 10.2 Å². The number of anilines is 1. The zero-order chi connectivity index (χ0) is 20.2. The molecule has 0 unspecified atom stereocenters. The number of amides is 2. The molecule has 0 bridgehead atoms. The third-order valence-corrected chi connectivity index (χ3v) is 5.04. The van der Waals surface area contributed by atoms with Gasteiger partial charge in [0.2, 0.25) is 11.8 Å². The second-order valence-corrected chi connectivity index (χ2v) is 7.16. The highest BCUT2D eigenvalue weighted by Gasteiger charge is 2.23. The standard InChI is InChI=1S/C19H20ClN7O2/c20-14-4-1-2-5-15(14)22-17(28)13-25-8-10-26(11-9-25)18(29)12-16-23-19-21-6-3-7-27(19)24-16/h1-7H,8-13H2,(H,22,28). The lowest BCUT2D eigenvalue weighted by molar-refractivity contribution is -0.132. The number of nitrogens with one attached hydrogen (secondary N) is 1. The summed E-state index contributed by atoms with van der Waals surface area (Å²) in [5.41, 5.74) is 0.599. The van der Waals surface area contributed by atoms with Gasteiger partial charge in [-0.15, -0.1) is 5.10 Å². The summed E-state index contributed by atoms with van der Waals surface area (Å²) in [6.07, 6.45) is 3.52. The molecule has 0 atom stereocenters. The Bertz CT molecular complexity index is 997. The Hall–Kier alpha value is -3.04. The highest BCUT2D eigenvalue weighted by Crippen LogP contribution is 2.20. The number of hydrogen-bond acceptors (Lipinski definition) is 6. The van der Waals surface area contributed by atoms with Gasteiger partial charge in [0.1, 0.15) is 0 Å². The van der Waals surface area contributed by atoms with E-state index in [4.69, 9.17) is 11.6 Å². The van der Waals surface area contributed by atoms with Gasteiger partial charge in [0, 0.05) is 38.6 Å². The number of rotatable bonds is 5. The number of aromatic nitrogens is 4. The number of nitrogens with zero attached hydrogens (tertiary/aromatic N) is 6. The van der Waals surface area contributed by atoms with Crippen LogP contribution in [-0.4, -0.2) is 73.9 Å². The molecule has 29 heavy (non-hydrogen) atoms. The molecule has 3 heterocycles. The molecule has 150 valence electrons. The van der Waals surface area contributed by atoms with Crippen LogP contribution >= 0.6 is 11.6 Å². The van der Waals surface area contributed by atoms with E-state index in [0.29, 0.717) is 48.5 Å². The number of carbonyl (C=O) groups excluding carboxylic acids is 2. The molecule has 2 amide bonds. The molecule has 0 saturated carbocycles. The molecular weight excluding hydrogens is 394 g/mol. The van der Waals surface area contributed by atoms with Crippen molar-refractivity contribution < 1.29 is 9.59 Å². The molecule has 1 saturated heterocycles. The number of carbonyl (C=O) groups is 2. The molecule has 1 aromatic carbocycles. The van der Waals surface area contributed by atoms with E-state index in [0.717, 1.165) is 0 Å². The van der Waals surface area contributed by atoms with Gasteiger partial charge in [-0.05, 0) is 18.2 Å². The Morgan fingerprint density at radius 3 is 2.66 bits per heavy atom. The number of hydrogen-bond donors (Lipinski definition) is 1. The number of benzene rings is 1. The van der Waals surface area contributed by atoms with E-state index in [1.165, 1.54) is 0 Å². The Labute approximate surface area is 172 Å². The van der Waals surface area contributed by atoms with Crippen LogP contribution < -0.4 is 5.32 Å². The summed E-state index contributed by atoms with van der Waals surface area (Å²) in [4.78, 5) is 37.0. The molecule has 2 aromatic heterocycles. The van der Waals surface area contributed by atoms with E-state index in [-0.39, 0.29) is 24.8 Å². The minimum Gasteiger partial charge on any atom is -0.340 e. The zero-order valence-electron chi connectivity index (χ0n) is 15.7. The van der Waals surface area contributed by atoms with Crippen molar-refractivity contribution in [3.8, 4) is 0 Å². The van der Waals surface area contributed by atoms with Gasteiger partial charge in [-0.1, -0.05) is 23.7 Å². The van der Waals surface area contributed by atoms with E-state index in [9.17, 15) is 9.59 Å². The maximum absolute atomic E-state index is 12.6. The average Bonchev–Trinajstić information content (AvgIpc) is 3.12. The minimum absolute atomic E-state index is 0.0268. The number of para-hydroxylation sites is 1. The highest BCUT2D eigenvalue weighted by atomic mass is 35.5. The van der Waals surface area contributed by atoms with Crippen molar-refractivity contribution in [1.29, 1.82) is 0 Å². The van der Waals surface area contributed by atoms with Crippen LogP contribution in [0, 0.1) is 0 Å². The molecule has 0 spiro atoms. The molecule has 4 rings (SSSR count). The van der Waals surface area contributed by atoms with Crippen LogP contribution in [0.3, 0.4) is 0 Å². The average molecular weight is 414 g/mol. The van der Waals surface area contributed by atoms with Crippen LogP contribution in [0.2, 0.25) is 5.02 Å². The lowest BCUT2D eigenvalue weighted by Crippen LogP contribution is -2.50. The van der Waals surface area contributed by atoms with Crippen molar-refractivity contribution in [2.75, 3.05) is 38.0 Å². The molecule has 3 aromatic rings. The largest absolute Gasteiger partial charge is 0.340 e. The van der Waals surface area contributed by atoms with Crippen molar-refractivity contribution in [3.63, 3.8) is 0 Å². The van der Waals surface area contributed by atoms with Crippen molar-refractivity contribution in [2.45, 2.75) is 6.42 Å². The lowest BCUT2D eigenvalue weighted by Gasteiger charge is -2.34. The molecule has 1 N–H and O–H groups in total. The van der Waals surface area contributed by atoms with E-state index in [1.807, 2.05) is 17.0 Å². The Morgan fingerprint density at radius 1 is 1.10 bits per heavy atom. The van der Waals surface area contributed by atoms with Crippen LogP contribution in [0.1, 0.15) is 5.82 Å². The van der Waals surface area contributed by atoms with E-state index in [2.05, 4.69) is 20.4 Å². The van der Waals surface area contributed by atoms with Crippen LogP contribution in [-0.2, 0) is 16.0 Å². The van der Waals surface area contributed by atoms with Gasteiger partial charge in [-0.3, -0.25) is 14.5 Å². The molecule has 1 fully saturated rings. The van der Waals surface area contributed by atoms with Gasteiger partial charge in [0.05, 0.1) is 23.7 Å². The molecule has 1 aliphatic rings. The molecule has 0 aliphatic carbocycles. The van der Waals surface area contributed by atoms with Crippen molar-refractivity contribution >= 4 is 34.9 Å². The van der Waals surface area contributed by atoms with Gasteiger partial charge in [-0.2, -0.15) is 4.98 Å². The van der Waals surface area contributed by atoms with E-state index in [1.54, 1.807) is 40.0 Å². The van der Waals surface area contributed by atoms with E-state index >= 15 is 0 Å². The third kappa shape index (κ3) is 4.69. The summed E-state index contributed by atoms with van der Waals surface area (Å²) in [6, 6.07) is 8.89. The SMILES string of the molecule is O=C(CN1CCN(C(=O)Cc2nc3ncccn3n2)CC1)Nc1ccccc1Cl. The Morgan fingerprint density at radius 2 is 1.90 bits per heavy atom. The normalized spacial score (nSPS) is 14.9. The van der Waals surface area contributed by atoms with Crippen LogP contribution in [0.4, 0.5) is 5.69 Å². The molecule has 0 radical (unpaired) electrons. The predicted molar refractivity (Wildman–Crippen MR) is 108 cm³/mol. The Kier molecular flexibility index (Phi) is 5.68. The van der Waals surface area contributed by atoms with Crippen molar-refractivity contribution in [3.05, 3.63) is 53.6 Å². The summed E-state index contributed by atoms with van der Waals surface area (Å²) < 4.78 is 1.55. The summed E-state index contributed by atoms with van der Waals surface area (Å²) in [5, 5.41) is 7.60. The third-order valence-electron chi connectivity index (χ3n) is 4.71. The topological polar surface area (TPSA) is 95.7 Å². The fourth-order valence-corrected chi connectivity index (χ4v) is 3.39. The quantitative estimate of drug-likeness (QED) is 0.673. The summed E-state index contributed by atoms with van der Waals surface area (Å²) in [7, 11) is 0. The first kappa shape index (κ1) is 19.3. The fourth-order valence-electron chi connectivity index (χ4n) is 3.21. The van der Waals surface area contributed by atoms with Crippen LogP contribution in [0.25, 0.3) is 5.78 Å². The smallest absolute Gasteiger partial charge is 0.252 e. The Balaban J connectivity index is 1.26. The van der Waals surface area contributed by atoms with E-state index < -0.39 is 0 Å². The number of halogens is 1. The molecule has 10 heteroatoms. The number of fused-ring (bicyclic) bond motifs is 1. The summed E-state index contributed by atoms with van der Waals surface area (Å²) >= 11 is 6.07. The maximum Gasteiger partial charge on any atom is 0.252 e. The minimum atomic E-state index is -0.126. The molecule has 9 nitrogen and oxygen atoms in total. The first-order valence-electron chi connectivity index (χ1n) is 9.29. The zero-order valence-corrected chi connectivity index (χ0v) is 16.4. The van der Waals surface area contributed by atoms with Gasteiger partial charge in [0.15, 0.2) is 5.82 Å². The maximum atomic E-state index is 12.6. The van der Waals surface area contributed by atoms with Crippen LogP contribution in [0.5, 0.6) is 0 Å². The van der Waals surface area contributed by atoms with Crippen LogP contribution in [0.15, 0.2) is 42.7 Å². The van der Waals surface area contributed by atoms with Crippen molar-refractivity contribution in [1.82, 2.24) is 29.4 Å². The fraction of sp³-hybridized carbons (Fsp3) is 0.316. The summed E-state index contributed by atoms with van der Waals surface area (Å²) in [5.74, 6) is 0.778. The predicted octanol–water partition coefficient (Wildman–Crippen LogP) is 1.10. The van der Waals surface area contributed by atoms with Crippen molar-refractivity contribution in [2.24, 2.45) is 0 Å². The highest BCUT2D eigenvalue weighted by molar-refractivity contribution is 6.33. The van der Waals surface area contributed by atoms with Gasteiger partial charge in [0.25, 0.3) is 5.78 Å². The monoisotopic (exact) mass is 413 g/mol. The molecule has 1 aliphatic heterocycles.